The van der Waals surface area contributed by atoms with Crippen LogP contribution in [0.25, 0.3) is 151 Å². The zero-order valence-electron chi connectivity index (χ0n) is 69.8. The molecule has 2 aliphatic heterocycles. The van der Waals surface area contributed by atoms with E-state index in [4.69, 9.17) is 34.3 Å². The molecule has 0 saturated carbocycles. The molecule has 0 amide bonds. The Kier molecular flexibility index (Phi) is 17.2. The van der Waals surface area contributed by atoms with E-state index in [-0.39, 0.29) is 0 Å². The standard InChI is InChI=1S/C59H36N6.C59H35N5O/c60-37-38-33-41(58-62-56(39-17-3-1-4-18-39)61-57(63-58)40-19-5-2-6-20-40)35-43(34-38)65-54-29-15-11-25-50(54)59(51-26-12-16-30-55(51)65)48-24-10-7-21-44(48)47-36-42(31-32-49(47)59)64-52-27-13-8-22-45(52)46-23-9-14-28-53(46)64;60-36-37-31-42(58-62-56(38-15-3-1-4-16-38)61-57(63-58)39-17-5-2-6-18-39)33-43(32-37)64-52-24-12-10-22-50(52)59(51-23-11-13-25-53(51)64)48-21-9-7-19-44(48)46-34-40(27-29-49(46)59)41-28-30-55-47(35-41)45-20-8-14-26-54(45)65-55/h1-36H;1-35H. The highest BCUT2D eigenvalue weighted by Gasteiger charge is 2.54. The number of para-hydroxylation sites is 7. The van der Waals surface area contributed by atoms with Crippen molar-refractivity contribution in [1.29, 1.82) is 10.5 Å². The van der Waals surface area contributed by atoms with Crippen LogP contribution in [0.3, 0.4) is 0 Å². The lowest BCUT2D eigenvalue weighted by molar-refractivity contribution is 0.669. The van der Waals surface area contributed by atoms with Crippen LogP contribution in [0.1, 0.15) is 55.6 Å². The Bertz CT molecular complexity index is 8240. The quantitative estimate of drug-likeness (QED) is 0.129. The lowest BCUT2D eigenvalue weighted by Gasteiger charge is -2.45. The second-order valence-electron chi connectivity index (χ2n) is 33.3. The summed E-state index contributed by atoms with van der Waals surface area (Å²) in [6.07, 6.45) is 0. The van der Waals surface area contributed by atoms with Crippen LogP contribution in [0.2, 0.25) is 0 Å². The lowest BCUT2D eigenvalue weighted by Crippen LogP contribution is -2.36. The van der Waals surface area contributed by atoms with Gasteiger partial charge in [-0.1, -0.05) is 322 Å². The molecule has 0 N–H and O–H groups in total. The van der Waals surface area contributed by atoms with Gasteiger partial charge in [0.25, 0.3) is 0 Å². The van der Waals surface area contributed by atoms with Crippen LogP contribution in [0.15, 0.2) is 435 Å². The SMILES string of the molecule is N#Cc1cc(-c2nc(-c3ccccc3)nc(-c3ccccc3)n2)cc(N2c3ccccc3C3(c4ccccc4-c4cc(-c5ccc6oc7ccccc7c6c5)ccc43)c3ccccc32)c1.N#Cc1cc(-c2nc(-c3ccccc3)nc(-c3ccccc3)n2)cc(N2c3ccccc3C3(c4ccccc4-c4cc(-n5c6ccccc6c6ccccc65)ccc43)c3ccccc32)c1. The van der Waals surface area contributed by atoms with Crippen molar-refractivity contribution < 1.29 is 4.42 Å². The normalized spacial score (nSPS) is 13.0. The zero-order chi connectivity index (χ0) is 86.1. The van der Waals surface area contributed by atoms with Crippen LogP contribution in [-0.2, 0) is 10.8 Å². The topological polar surface area (TPSA) is 149 Å². The minimum Gasteiger partial charge on any atom is -0.456 e. The smallest absolute Gasteiger partial charge is 0.164 e. The summed E-state index contributed by atoms with van der Waals surface area (Å²) >= 11 is 0. The molecular formula is C118H71N11O. The van der Waals surface area contributed by atoms with Gasteiger partial charge in [0.1, 0.15) is 11.2 Å². The van der Waals surface area contributed by atoms with Gasteiger partial charge in [0, 0.05) is 72.0 Å². The third-order valence-corrected chi connectivity index (χ3v) is 26.3. The summed E-state index contributed by atoms with van der Waals surface area (Å²) in [7, 11) is 0. The van der Waals surface area contributed by atoms with Gasteiger partial charge in [-0.25, -0.2) is 29.9 Å². The van der Waals surface area contributed by atoms with Crippen molar-refractivity contribution in [2.24, 2.45) is 0 Å². The van der Waals surface area contributed by atoms with E-state index < -0.39 is 10.8 Å². The minimum atomic E-state index is -0.631. The highest BCUT2D eigenvalue weighted by atomic mass is 16.3. The second kappa shape index (κ2) is 30.0. The first-order valence-electron chi connectivity index (χ1n) is 43.6. The van der Waals surface area contributed by atoms with Crippen molar-refractivity contribution in [1.82, 2.24) is 34.5 Å². The molecule has 0 unspecified atom stereocenters. The molecule has 6 heterocycles. The van der Waals surface area contributed by atoms with Crippen molar-refractivity contribution in [3.63, 3.8) is 0 Å². The van der Waals surface area contributed by atoms with Crippen LogP contribution >= 0.6 is 0 Å². The van der Waals surface area contributed by atoms with Gasteiger partial charge in [0.05, 0.1) is 67.9 Å². The Labute approximate surface area is 748 Å². The number of aromatic nitrogens is 7. The predicted octanol–water partition coefficient (Wildman–Crippen LogP) is 28.4. The summed E-state index contributed by atoms with van der Waals surface area (Å²) in [6, 6.07) is 156. The van der Waals surface area contributed by atoms with Gasteiger partial charge in [-0.05, 0) is 187 Å². The fraction of sp³-hybridized carbons (Fsp3) is 0.0169. The number of hydrogen-bond donors (Lipinski definition) is 0. The number of anilines is 6. The van der Waals surface area contributed by atoms with E-state index in [0.717, 1.165) is 129 Å². The van der Waals surface area contributed by atoms with E-state index >= 15 is 0 Å². The molecule has 604 valence electrons. The average molecular weight is 1660 g/mol. The first-order valence-corrected chi connectivity index (χ1v) is 43.6. The fourth-order valence-electron chi connectivity index (χ4n) is 20.9. The molecule has 130 heavy (non-hydrogen) atoms. The van der Waals surface area contributed by atoms with Gasteiger partial charge in [-0.2, -0.15) is 10.5 Å². The van der Waals surface area contributed by atoms with E-state index in [0.29, 0.717) is 46.1 Å². The Morgan fingerprint density at radius 2 is 0.538 bits per heavy atom. The molecule has 4 aliphatic rings. The van der Waals surface area contributed by atoms with Crippen LogP contribution in [0.4, 0.5) is 34.1 Å². The molecule has 12 heteroatoms. The van der Waals surface area contributed by atoms with E-state index in [9.17, 15) is 10.5 Å². The number of benzene rings is 18. The molecule has 12 nitrogen and oxygen atoms in total. The summed E-state index contributed by atoms with van der Waals surface area (Å²) in [5.41, 5.74) is 32.5. The van der Waals surface area contributed by atoms with Crippen LogP contribution in [-0.4, -0.2) is 34.5 Å². The van der Waals surface area contributed by atoms with Gasteiger partial charge in [-0.15, -0.1) is 0 Å². The number of fused-ring (bicyclic) bond motifs is 24. The van der Waals surface area contributed by atoms with Crippen molar-refractivity contribution in [2.45, 2.75) is 10.8 Å². The number of nitrogens with zero attached hydrogens (tertiary/aromatic N) is 11. The van der Waals surface area contributed by atoms with E-state index in [2.05, 4.69) is 299 Å². The predicted molar refractivity (Wildman–Crippen MR) is 520 cm³/mol. The maximum absolute atomic E-state index is 10.7. The molecular weight excluding hydrogens is 1590 g/mol. The van der Waals surface area contributed by atoms with Crippen LogP contribution < -0.4 is 9.80 Å². The Morgan fingerprint density at radius 3 is 0.969 bits per heavy atom. The highest BCUT2D eigenvalue weighted by Crippen LogP contribution is 2.66. The minimum absolute atomic E-state index is 0.487. The largest absolute Gasteiger partial charge is 0.456 e. The molecule has 4 aromatic heterocycles. The number of hydrogen-bond acceptors (Lipinski definition) is 11. The van der Waals surface area contributed by atoms with Gasteiger partial charge in [-0.3, -0.25) is 0 Å². The van der Waals surface area contributed by atoms with Crippen molar-refractivity contribution in [3.05, 3.63) is 486 Å². The van der Waals surface area contributed by atoms with Crippen molar-refractivity contribution in [3.8, 4) is 120 Å². The summed E-state index contributed by atoms with van der Waals surface area (Å²) in [5.74, 6) is 3.23. The first-order chi connectivity index (χ1) is 64.3. The molecule has 0 saturated heterocycles. The summed E-state index contributed by atoms with van der Waals surface area (Å²) in [4.78, 5) is 34.7. The molecule has 0 radical (unpaired) electrons. The summed E-state index contributed by atoms with van der Waals surface area (Å²) in [6.45, 7) is 0. The van der Waals surface area contributed by atoms with Gasteiger partial charge >= 0.3 is 0 Å². The van der Waals surface area contributed by atoms with Crippen molar-refractivity contribution >= 4 is 77.9 Å². The first kappa shape index (κ1) is 74.8. The van der Waals surface area contributed by atoms with Crippen LogP contribution in [0.5, 0.6) is 0 Å². The maximum Gasteiger partial charge on any atom is 0.164 e. The molecule has 26 rings (SSSR count). The summed E-state index contributed by atoms with van der Waals surface area (Å²) < 4.78 is 8.61. The second-order valence-corrected chi connectivity index (χ2v) is 33.3. The highest BCUT2D eigenvalue weighted by molar-refractivity contribution is 6.10. The molecule has 18 aromatic carbocycles. The maximum atomic E-state index is 10.7. The fourth-order valence-corrected chi connectivity index (χ4v) is 20.9. The third-order valence-electron chi connectivity index (χ3n) is 26.3. The number of nitriles is 2. The summed E-state index contributed by atoms with van der Waals surface area (Å²) in [5, 5.41) is 26.0. The Balaban J connectivity index is 0.000000140. The zero-order valence-corrected chi connectivity index (χ0v) is 69.8. The van der Waals surface area contributed by atoms with E-state index in [1.807, 2.05) is 158 Å². The molecule has 2 spiro atoms. The Hall–Kier alpha value is -17.8. The Morgan fingerprint density at radius 1 is 0.215 bits per heavy atom. The van der Waals surface area contributed by atoms with E-state index in [1.165, 1.54) is 66.3 Å². The van der Waals surface area contributed by atoms with Gasteiger partial charge in [0.15, 0.2) is 34.9 Å². The molecule has 2 aliphatic carbocycles. The van der Waals surface area contributed by atoms with Gasteiger partial charge < -0.3 is 18.8 Å². The monoisotopic (exact) mass is 1660 g/mol. The third kappa shape index (κ3) is 11.6. The molecule has 0 fully saturated rings. The number of rotatable bonds is 10. The van der Waals surface area contributed by atoms with E-state index in [1.54, 1.807) is 0 Å². The number of furan rings is 1. The molecule has 0 atom stereocenters. The van der Waals surface area contributed by atoms with Crippen LogP contribution in [0, 0.1) is 22.7 Å². The van der Waals surface area contributed by atoms with Gasteiger partial charge in [0.2, 0.25) is 0 Å². The molecule has 0 bridgehead atoms. The van der Waals surface area contributed by atoms with Crippen molar-refractivity contribution in [2.75, 3.05) is 9.80 Å². The lowest BCUT2D eigenvalue weighted by atomic mass is 9.64. The average Bonchev–Trinajstić information content (AvgIpc) is 1.46. The molecule has 22 aromatic rings.